The second-order valence-electron chi connectivity index (χ2n) is 5.92. The Balaban J connectivity index is 1.49. The molecule has 1 aliphatic carbocycles. The Bertz CT molecular complexity index is 653. The molecule has 7 nitrogen and oxygen atoms in total. The Morgan fingerprint density at radius 2 is 2.24 bits per heavy atom. The number of rotatable bonds is 5. The fourth-order valence-corrected chi connectivity index (χ4v) is 5.05. The molecule has 2 heterocycles. The van der Waals surface area contributed by atoms with Crippen LogP contribution in [0.3, 0.4) is 0 Å². The zero-order valence-electron chi connectivity index (χ0n) is 11.7. The van der Waals surface area contributed by atoms with Gasteiger partial charge < -0.3 is 9.73 Å². The molecule has 1 saturated heterocycles. The van der Waals surface area contributed by atoms with E-state index in [0.29, 0.717) is 23.5 Å². The van der Waals surface area contributed by atoms with Crippen LogP contribution in [0.1, 0.15) is 38.0 Å². The number of hydrogen-bond acceptors (Lipinski definition) is 7. The lowest BCUT2D eigenvalue weighted by Crippen LogP contribution is -2.47. The van der Waals surface area contributed by atoms with Crippen LogP contribution in [0.5, 0.6) is 0 Å². The molecule has 1 N–H and O–H groups in total. The highest BCUT2D eigenvalue weighted by atomic mass is 32.2. The summed E-state index contributed by atoms with van der Waals surface area (Å²) in [5.74, 6) is 1.09. The van der Waals surface area contributed by atoms with Crippen LogP contribution in [0, 0.1) is 0 Å². The van der Waals surface area contributed by atoms with Crippen molar-refractivity contribution in [2.24, 2.45) is 0 Å². The van der Waals surface area contributed by atoms with Gasteiger partial charge in [-0.1, -0.05) is 11.8 Å². The van der Waals surface area contributed by atoms with Gasteiger partial charge >= 0.3 is 0 Å². The van der Waals surface area contributed by atoms with Crippen LogP contribution >= 0.6 is 11.8 Å². The van der Waals surface area contributed by atoms with E-state index in [9.17, 15) is 13.2 Å². The Kier molecular flexibility index (Phi) is 3.73. The highest BCUT2D eigenvalue weighted by Gasteiger charge is 2.39. The average Bonchev–Trinajstić information content (AvgIpc) is 3.06. The summed E-state index contributed by atoms with van der Waals surface area (Å²) in [6.45, 7) is 1.76. The van der Waals surface area contributed by atoms with Gasteiger partial charge in [0.25, 0.3) is 5.22 Å². The van der Waals surface area contributed by atoms with E-state index in [1.165, 1.54) is 11.8 Å². The van der Waals surface area contributed by atoms with Gasteiger partial charge in [0.2, 0.25) is 11.8 Å². The van der Waals surface area contributed by atoms with Crippen molar-refractivity contribution in [1.29, 1.82) is 0 Å². The van der Waals surface area contributed by atoms with Crippen molar-refractivity contribution in [2.75, 3.05) is 17.3 Å². The first-order valence-corrected chi connectivity index (χ1v) is 9.64. The molecule has 1 amide bonds. The van der Waals surface area contributed by atoms with Crippen molar-refractivity contribution in [3.05, 3.63) is 5.89 Å². The van der Waals surface area contributed by atoms with E-state index in [4.69, 9.17) is 4.42 Å². The van der Waals surface area contributed by atoms with Crippen LogP contribution in [0.4, 0.5) is 0 Å². The minimum Gasteiger partial charge on any atom is -0.416 e. The molecule has 1 atom stereocenters. The molecule has 1 aromatic heterocycles. The maximum absolute atomic E-state index is 11.9. The van der Waals surface area contributed by atoms with Crippen molar-refractivity contribution in [3.63, 3.8) is 0 Å². The largest absolute Gasteiger partial charge is 0.416 e. The molecule has 2 aliphatic rings. The third-order valence-corrected chi connectivity index (χ3v) is 6.34. The lowest BCUT2D eigenvalue weighted by molar-refractivity contribution is -0.120. The molecule has 1 unspecified atom stereocenters. The summed E-state index contributed by atoms with van der Waals surface area (Å²) < 4.78 is 28.4. The summed E-state index contributed by atoms with van der Waals surface area (Å²) in [6.07, 6.45) is 2.62. The zero-order valence-corrected chi connectivity index (χ0v) is 13.3. The number of nitrogens with zero attached hydrogens (tertiary/aromatic N) is 2. The SMILES string of the molecule is CC1(NC(=O)CSc2nnc(C3CC3)o2)CCS(=O)(=O)C1. The summed E-state index contributed by atoms with van der Waals surface area (Å²) >= 11 is 1.17. The molecule has 1 saturated carbocycles. The normalized spacial score (nSPS) is 27.7. The molecule has 1 aromatic rings. The fourth-order valence-electron chi connectivity index (χ4n) is 2.38. The number of carbonyl (C=O) groups excluding carboxylic acids is 1. The monoisotopic (exact) mass is 331 g/mol. The first-order chi connectivity index (χ1) is 9.85. The lowest BCUT2D eigenvalue weighted by atomic mass is 10.0. The highest BCUT2D eigenvalue weighted by Crippen LogP contribution is 2.39. The number of nitrogens with one attached hydrogen (secondary N) is 1. The second kappa shape index (κ2) is 5.28. The van der Waals surface area contributed by atoms with Crippen LogP contribution in [0.25, 0.3) is 0 Å². The van der Waals surface area contributed by atoms with E-state index in [2.05, 4.69) is 15.5 Å². The van der Waals surface area contributed by atoms with Gasteiger partial charge in [0.05, 0.1) is 22.8 Å². The first-order valence-electron chi connectivity index (χ1n) is 6.83. The fraction of sp³-hybridized carbons (Fsp3) is 0.750. The Morgan fingerprint density at radius 1 is 1.48 bits per heavy atom. The van der Waals surface area contributed by atoms with Crippen molar-refractivity contribution in [1.82, 2.24) is 15.5 Å². The lowest BCUT2D eigenvalue weighted by Gasteiger charge is -2.23. The highest BCUT2D eigenvalue weighted by molar-refractivity contribution is 7.99. The first kappa shape index (κ1) is 14.8. The minimum atomic E-state index is -3.03. The molecule has 3 rings (SSSR count). The molecule has 0 aromatic carbocycles. The summed E-state index contributed by atoms with van der Waals surface area (Å²) in [6, 6.07) is 0. The number of sulfone groups is 1. The Labute approximate surface area is 127 Å². The quantitative estimate of drug-likeness (QED) is 0.794. The summed E-state index contributed by atoms with van der Waals surface area (Å²) in [7, 11) is -3.03. The van der Waals surface area contributed by atoms with Crippen molar-refractivity contribution in [2.45, 2.75) is 42.9 Å². The van der Waals surface area contributed by atoms with Crippen LogP contribution in [-0.2, 0) is 14.6 Å². The molecule has 0 spiro atoms. The average molecular weight is 331 g/mol. The van der Waals surface area contributed by atoms with Crippen LogP contribution in [0.15, 0.2) is 9.64 Å². The van der Waals surface area contributed by atoms with Gasteiger partial charge in [-0.3, -0.25) is 4.79 Å². The van der Waals surface area contributed by atoms with Gasteiger partial charge in [0.15, 0.2) is 9.84 Å². The van der Waals surface area contributed by atoms with Gasteiger partial charge in [-0.25, -0.2) is 8.42 Å². The number of amides is 1. The van der Waals surface area contributed by atoms with Gasteiger partial charge in [-0.15, -0.1) is 10.2 Å². The molecule has 0 radical (unpaired) electrons. The molecule has 9 heteroatoms. The van der Waals surface area contributed by atoms with Crippen LogP contribution in [-0.4, -0.2) is 47.3 Å². The molecule has 21 heavy (non-hydrogen) atoms. The Morgan fingerprint density at radius 3 is 2.86 bits per heavy atom. The predicted molar refractivity (Wildman–Crippen MR) is 76.8 cm³/mol. The molecule has 116 valence electrons. The summed E-state index contributed by atoms with van der Waals surface area (Å²) in [5.41, 5.74) is -0.662. The molecule has 0 bridgehead atoms. The molecular formula is C12H17N3O4S2. The Hall–Kier alpha value is -1.09. The predicted octanol–water partition coefficient (Wildman–Crippen LogP) is 0.732. The maximum Gasteiger partial charge on any atom is 0.277 e. The standard InChI is InChI=1S/C12H17N3O4S2/c1-12(4-5-21(17,18)7-12)13-9(16)6-20-11-15-14-10(19-11)8-2-3-8/h8H,2-7H2,1H3,(H,13,16). The van der Waals surface area contributed by atoms with E-state index >= 15 is 0 Å². The van der Waals surface area contributed by atoms with Crippen molar-refractivity contribution in [3.8, 4) is 0 Å². The molecular weight excluding hydrogens is 314 g/mol. The van der Waals surface area contributed by atoms with E-state index in [1.807, 2.05) is 0 Å². The number of carbonyl (C=O) groups is 1. The molecule has 1 aliphatic heterocycles. The minimum absolute atomic E-state index is 0.00277. The summed E-state index contributed by atoms with van der Waals surface area (Å²) in [4.78, 5) is 11.9. The summed E-state index contributed by atoms with van der Waals surface area (Å²) in [5, 5.41) is 11.0. The van der Waals surface area contributed by atoms with E-state index in [1.54, 1.807) is 6.92 Å². The van der Waals surface area contributed by atoms with Crippen LogP contribution < -0.4 is 5.32 Å². The van der Waals surface area contributed by atoms with E-state index in [0.717, 1.165) is 12.8 Å². The smallest absolute Gasteiger partial charge is 0.277 e. The van der Waals surface area contributed by atoms with Crippen LogP contribution in [0.2, 0.25) is 0 Å². The van der Waals surface area contributed by atoms with E-state index in [-0.39, 0.29) is 23.2 Å². The van der Waals surface area contributed by atoms with Crippen molar-refractivity contribution < 1.29 is 17.6 Å². The number of hydrogen-bond donors (Lipinski definition) is 1. The second-order valence-corrected chi connectivity index (χ2v) is 9.03. The zero-order chi connectivity index (χ0) is 15.1. The van der Waals surface area contributed by atoms with Gasteiger partial charge in [0, 0.05) is 5.92 Å². The third-order valence-electron chi connectivity index (χ3n) is 3.62. The maximum atomic E-state index is 11.9. The van der Waals surface area contributed by atoms with Crippen molar-refractivity contribution >= 4 is 27.5 Å². The van der Waals surface area contributed by atoms with Gasteiger partial charge in [0.1, 0.15) is 0 Å². The topological polar surface area (TPSA) is 102 Å². The van der Waals surface area contributed by atoms with Gasteiger partial charge in [-0.2, -0.15) is 0 Å². The van der Waals surface area contributed by atoms with Gasteiger partial charge in [-0.05, 0) is 26.2 Å². The van der Waals surface area contributed by atoms with E-state index < -0.39 is 15.4 Å². The number of aromatic nitrogens is 2. The number of thioether (sulfide) groups is 1. The molecule has 2 fully saturated rings. The third kappa shape index (κ3) is 3.76.